The Morgan fingerprint density at radius 3 is 1.41 bits per heavy atom. The van der Waals surface area contributed by atoms with Crippen molar-refractivity contribution in [2.24, 2.45) is 34.5 Å². The van der Waals surface area contributed by atoms with Gasteiger partial charge < -0.3 is 56.6 Å². The van der Waals surface area contributed by atoms with Gasteiger partial charge in [-0.05, 0) is 144 Å². The molecule has 3 saturated heterocycles. The van der Waals surface area contributed by atoms with Crippen LogP contribution >= 0.6 is 0 Å². The van der Waals surface area contributed by atoms with Crippen LogP contribution in [-0.2, 0) is 65.9 Å². The van der Waals surface area contributed by atoms with Crippen LogP contribution in [0.2, 0.25) is 10.1 Å². The number of ether oxygens (including phenoxy) is 9. The molecule has 4 aromatic rings. The lowest BCUT2D eigenvalue weighted by molar-refractivity contribution is -0.336. The molecule has 4 saturated carbocycles. The third-order valence-corrected chi connectivity index (χ3v) is 34.0. The molecule has 0 amide bonds. The summed E-state index contributed by atoms with van der Waals surface area (Å²) in [5.41, 5.74) is 0.0440. The molecule has 0 spiro atoms. The Balaban J connectivity index is 0.758. The first-order valence-electron chi connectivity index (χ1n) is 35.1. The van der Waals surface area contributed by atoms with Crippen molar-refractivity contribution in [3.63, 3.8) is 0 Å². The molecule has 0 radical (unpaired) electrons. The number of carbonyl (C=O) groups is 3. The third kappa shape index (κ3) is 12.9. The first-order chi connectivity index (χ1) is 44.7. The summed E-state index contributed by atoms with van der Waals surface area (Å²) in [7, 11) is -6.50. The highest BCUT2D eigenvalue weighted by Crippen LogP contribution is 2.70. The van der Waals surface area contributed by atoms with Gasteiger partial charge in [-0.15, -0.1) is 0 Å². The SMILES string of the molecule is CC(=O)O[C@H]1C[C@H](O[C@H]2CC[C@@]3(C)[C@H](CC[C@@H]4[C@@H]3CC[C@]3(C)[C@@H](C5=CC(=O)OC5)CC[C@]43O)C2)O[C@H](C)[C@H]1O[C@H]1C[C@H](OC(C)=O)[C@H](O[C@H]2C[C@H](O[Si](c3ccccc3)(c3ccccc3)C(C)(C)C)[C@H](O[Si](c3ccccc3)(c3ccccc3)C(C)(C)C)[C@@H](C)O2)[C@@H](C)O1. The zero-order valence-electron chi connectivity index (χ0n) is 57.8. The quantitative estimate of drug-likeness (QED) is 0.0457. The second-order valence-electron chi connectivity index (χ2n) is 31.4. The average Bonchev–Trinajstić information content (AvgIpc) is 1.42. The van der Waals surface area contributed by atoms with Crippen LogP contribution in [0.4, 0.5) is 0 Å². The van der Waals surface area contributed by atoms with Gasteiger partial charge >= 0.3 is 17.9 Å². The first-order valence-corrected chi connectivity index (χ1v) is 38.9. The Morgan fingerprint density at radius 1 is 0.521 bits per heavy atom. The van der Waals surface area contributed by atoms with E-state index in [0.717, 1.165) is 84.1 Å². The van der Waals surface area contributed by atoms with E-state index < -0.39 is 108 Å². The van der Waals surface area contributed by atoms with Crippen LogP contribution in [0.25, 0.3) is 0 Å². The Morgan fingerprint density at radius 2 is 0.968 bits per heavy atom. The Labute approximate surface area is 560 Å². The zero-order chi connectivity index (χ0) is 66.8. The summed E-state index contributed by atoms with van der Waals surface area (Å²) in [4.78, 5) is 38.4. The van der Waals surface area contributed by atoms with Crippen LogP contribution < -0.4 is 20.7 Å². The van der Waals surface area contributed by atoms with E-state index in [9.17, 15) is 19.5 Å². The molecule has 0 aromatic heterocycles. The molecule has 15 nitrogen and oxygen atoms in total. The maximum absolute atomic E-state index is 13.2. The van der Waals surface area contributed by atoms with Crippen molar-refractivity contribution in [1.82, 2.24) is 0 Å². The summed E-state index contributed by atoms with van der Waals surface area (Å²) >= 11 is 0. The van der Waals surface area contributed by atoms with Gasteiger partial charge in [0, 0.05) is 44.6 Å². The number of aliphatic hydroxyl groups is 1. The molecule has 1 N–H and O–H groups in total. The molecule has 8 aliphatic rings. The predicted octanol–water partition coefficient (Wildman–Crippen LogP) is 11.6. The van der Waals surface area contributed by atoms with E-state index in [0.29, 0.717) is 18.4 Å². The molecule has 0 bridgehead atoms. The normalized spacial score (nSPS) is 37.1. The highest BCUT2D eigenvalue weighted by molar-refractivity contribution is 7.00. The van der Waals surface area contributed by atoms with E-state index in [4.69, 9.17) is 51.5 Å². The van der Waals surface area contributed by atoms with Crippen molar-refractivity contribution in [1.29, 1.82) is 0 Å². The molecule has 4 aliphatic carbocycles. The molecular formula is C77H104O15Si2. The Hall–Kier alpha value is -4.90. The topological polar surface area (TPSA) is 173 Å². The molecule has 4 aliphatic heterocycles. The van der Waals surface area contributed by atoms with Crippen molar-refractivity contribution >= 4 is 55.3 Å². The number of hydrogen-bond acceptors (Lipinski definition) is 15. The third-order valence-electron chi connectivity index (χ3n) is 23.9. The van der Waals surface area contributed by atoms with Crippen LogP contribution in [0.5, 0.6) is 0 Å². The van der Waals surface area contributed by atoms with Gasteiger partial charge in [0.05, 0.1) is 42.2 Å². The number of carbonyl (C=O) groups excluding carboxylic acids is 3. The summed E-state index contributed by atoms with van der Waals surface area (Å²) in [5, 5.41) is 16.7. The fraction of sp³-hybridized carbons (Fsp3) is 0.623. The number of benzene rings is 4. The maximum Gasteiger partial charge on any atom is 0.331 e. The van der Waals surface area contributed by atoms with Crippen LogP contribution in [0.15, 0.2) is 133 Å². The lowest BCUT2D eigenvalue weighted by Crippen LogP contribution is -2.73. The molecule has 510 valence electrons. The van der Waals surface area contributed by atoms with E-state index >= 15 is 0 Å². The Kier molecular flexibility index (Phi) is 19.9. The van der Waals surface area contributed by atoms with Gasteiger partial charge in [0.15, 0.2) is 18.9 Å². The monoisotopic (exact) mass is 1320 g/mol. The molecule has 7 fully saturated rings. The molecule has 17 heteroatoms. The van der Waals surface area contributed by atoms with E-state index in [1.54, 1.807) is 6.08 Å². The van der Waals surface area contributed by atoms with Gasteiger partial charge in [-0.2, -0.15) is 0 Å². The average molecular weight is 1330 g/mol. The molecule has 94 heavy (non-hydrogen) atoms. The number of fused-ring (bicyclic) bond motifs is 5. The maximum atomic E-state index is 13.2. The standard InChI is InChI=1S/C77H104O15Si2/c1-48-70(63(86-51(4)78)44-67(83-48)88-55-36-39-75(12)54(43-55)34-35-62-61(75)37-40-76(13)60(38-41-77(62,76)81)53-42-66(80)82-47-53)89-68-45-64(87-52(5)79)71(49(2)84-68)90-69-46-65(91-93(73(6,7)8,56-26-18-14-19-27-56)57-28-20-15-21-29-57)72(50(3)85-69)92-94(74(9,10)11,58-30-22-16-23-31-58)59-32-24-17-25-33-59/h14-33,42,48-50,54-55,60-65,67-72,81H,34-41,43-47H2,1-13H3/t48-,49-,50-,54-,55+,60-,61+,62-,63+,64+,65+,67+,68+,69+,70-,71-,72-,75+,76-,77+/m1/s1. The van der Waals surface area contributed by atoms with E-state index in [1.165, 1.54) is 13.8 Å². The summed E-state index contributed by atoms with van der Waals surface area (Å²) < 4.78 is 75.6. The molecule has 12 rings (SSSR count). The smallest absolute Gasteiger partial charge is 0.331 e. The van der Waals surface area contributed by atoms with Crippen molar-refractivity contribution in [3.05, 3.63) is 133 Å². The lowest BCUT2D eigenvalue weighted by atomic mass is 9.43. The highest BCUT2D eigenvalue weighted by atomic mass is 28.4. The fourth-order valence-corrected chi connectivity index (χ4v) is 28.9. The summed E-state index contributed by atoms with van der Waals surface area (Å²) in [6.45, 7) is 27.5. The van der Waals surface area contributed by atoms with E-state index in [1.807, 2.05) is 13.8 Å². The number of cyclic esters (lactones) is 1. The second kappa shape index (κ2) is 27.1. The van der Waals surface area contributed by atoms with Gasteiger partial charge in [0.2, 0.25) is 0 Å². The van der Waals surface area contributed by atoms with Gasteiger partial charge in [0.1, 0.15) is 31.0 Å². The van der Waals surface area contributed by atoms with Gasteiger partial charge in [-0.1, -0.05) is 177 Å². The van der Waals surface area contributed by atoms with E-state index in [2.05, 4.69) is 184 Å². The Bertz CT molecular complexity index is 3230. The summed E-state index contributed by atoms with van der Waals surface area (Å²) in [6, 6.07) is 42.7. The van der Waals surface area contributed by atoms with Gasteiger partial charge in [-0.3, -0.25) is 9.59 Å². The van der Waals surface area contributed by atoms with Gasteiger partial charge in [-0.25, -0.2) is 4.79 Å². The predicted molar refractivity (Wildman–Crippen MR) is 363 cm³/mol. The number of esters is 3. The van der Waals surface area contributed by atoms with Crippen molar-refractivity contribution in [3.8, 4) is 0 Å². The molecular weight excluding hydrogens is 1220 g/mol. The van der Waals surface area contributed by atoms with Crippen LogP contribution in [0.1, 0.15) is 167 Å². The van der Waals surface area contributed by atoms with Crippen molar-refractivity contribution in [2.45, 2.75) is 263 Å². The fourth-order valence-electron chi connectivity index (χ4n) is 19.5. The molecule has 20 atom stereocenters. The minimum atomic E-state index is -3.27. The molecule has 0 unspecified atom stereocenters. The first kappa shape index (κ1) is 69.0. The van der Waals surface area contributed by atoms with Crippen LogP contribution in [0, 0.1) is 34.5 Å². The molecule has 4 aromatic carbocycles. The van der Waals surface area contributed by atoms with Crippen LogP contribution in [0.3, 0.4) is 0 Å². The highest BCUT2D eigenvalue weighted by Gasteiger charge is 2.68. The molecule has 4 heterocycles. The number of hydrogen-bond donors (Lipinski definition) is 1. The minimum absolute atomic E-state index is 0.0550. The second-order valence-corrected chi connectivity index (χ2v) is 39.9. The number of rotatable bonds is 17. The van der Waals surface area contributed by atoms with Crippen LogP contribution in [-0.4, -0.2) is 132 Å². The zero-order valence-corrected chi connectivity index (χ0v) is 59.8. The van der Waals surface area contributed by atoms with Crippen molar-refractivity contribution < 1.29 is 71.0 Å². The minimum Gasteiger partial charge on any atom is -0.459 e. The van der Waals surface area contributed by atoms with Crippen molar-refractivity contribution in [2.75, 3.05) is 6.61 Å². The summed E-state index contributed by atoms with van der Waals surface area (Å²) in [5.74, 6) is 0.00297. The lowest BCUT2D eigenvalue weighted by Gasteiger charge is -2.64. The summed E-state index contributed by atoms with van der Waals surface area (Å²) in [6.07, 6.45) is 2.19. The van der Waals surface area contributed by atoms with E-state index in [-0.39, 0.29) is 64.1 Å². The largest absolute Gasteiger partial charge is 0.459 e. The van der Waals surface area contributed by atoms with Gasteiger partial charge in [0.25, 0.3) is 16.6 Å².